The molecule has 0 aliphatic heterocycles. The van der Waals surface area contributed by atoms with Gasteiger partial charge in [-0.3, -0.25) is 0 Å². The van der Waals surface area contributed by atoms with Gasteiger partial charge < -0.3 is 4.74 Å². The van der Waals surface area contributed by atoms with Gasteiger partial charge in [0, 0.05) is 10.1 Å². The molecule has 0 N–H and O–H groups in total. The first-order chi connectivity index (χ1) is 6.54. The molecule has 0 heterocycles. The Balaban J connectivity index is 3.03. The van der Waals surface area contributed by atoms with Crippen LogP contribution in [0.5, 0.6) is 5.75 Å². The quantitative estimate of drug-likeness (QED) is 0.718. The molecule has 0 unspecified atom stereocenters. The lowest BCUT2D eigenvalue weighted by molar-refractivity contribution is 0.370. The highest BCUT2D eigenvalue weighted by atomic mass is 32.2. The van der Waals surface area contributed by atoms with Crippen LogP contribution in [0.25, 0.3) is 0 Å². The van der Waals surface area contributed by atoms with E-state index in [9.17, 15) is 8.78 Å². The highest BCUT2D eigenvalue weighted by Gasteiger charge is 2.11. The first-order valence-electron chi connectivity index (χ1n) is 4.24. The Morgan fingerprint density at radius 1 is 1.29 bits per heavy atom. The summed E-state index contributed by atoms with van der Waals surface area (Å²) in [6.45, 7) is 3.97. The fourth-order valence-corrected chi connectivity index (χ4v) is 1.92. The molecule has 0 aliphatic carbocycles. The van der Waals surface area contributed by atoms with Crippen molar-refractivity contribution < 1.29 is 13.5 Å². The zero-order valence-electron chi connectivity index (χ0n) is 8.30. The predicted octanol–water partition coefficient (Wildman–Crippen LogP) is 3.47. The van der Waals surface area contributed by atoms with Crippen molar-refractivity contribution in [3.05, 3.63) is 23.8 Å². The Morgan fingerprint density at radius 2 is 1.93 bits per heavy atom. The summed E-state index contributed by atoms with van der Waals surface area (Å²) in [5, 5.41) is 0.324. The zero-order valence-corrected chi connectivity index (χ0v) is 9.12. The average molecular weight is 218 g/mol. The largest absolute Gasteiger partial charge is 0.494 e. The number of methoxy groups -OCH3 is 1. The molecule has 0 spiro atoms. The Hall–Kier alpha value is -0.770. The maximum atomic E-state index is 13.0. The summed E-state index contributed by atoms with van der Waals surface area (Å²) in [6, 6.07) is 2.69. The van der Waals surface area contributed by atoms with Crippen LogP contribution in [-0.2, 0) is 0 Å². The molecule has 4 heteroatoms. The van der Waals surface area contributed by atoms with Crippen molar-refractivity contribution in [1.29, 1.82) is 0 Å². The number of hydrogen-bond donors (Lipinski definition) is 0. The standard InChI is InChI=1S/C10H12F2OS/c1-6(2)14-7-4-8(11)10(12)9(5-7)13-3/h4-6H,1-3H3. The Kier molecular flexibility index (Phi) is 3.75. The van der Waals surface area contributed by atoms with Gasteiger partial charge in [0.25, 0.3) is 0 Å². The van der Waals surface area contributed by atoms with E-state index < -0.39 is 11.6 Å². The molecule has 1 aromatic rings. The molecule has 0 aliphatic rings. The zero-order chi connectivity index (χ0) is 10.7. The molecule has 0 aromatic heterocycles. The van der Waals surface area contributed by atoms with Crippen LogP contribution in [0.2, 0.25) is 0 Å². The highest BCUT2D eigenvalue weighted by Crippen LogP contribution is 2.30. The maximum Gasteiger partial charge on any atom is 0.200 e. The van der Waals surface area contributed by atoms with Crippen molar-refractivity contribution in [2.45, 2.75) is 24.0 Å². The third-order valence-electron chi connectivity index (χ3n) is 1.56. The molecule has 0 saturated carbocycles. The first kappa shape index (κ1) is 11.3. The lowest BCUT2D eigenvalue weighted by Crippen LogP contribution is -1.94. The molecule has 1 rings (SSSR count). The topological polar surface area (TPSA) is 9.23 Å². The van der Waals surface area contributed by atoms with Crippen LogP contribution in [0.3, 0.4) is 0 Å². The molecular weight excluding hydrogens is 206 g/mol. The summed E-state index contributed by atoms with van der Waals surface area (Å²) in [5.41, 5.74) is 0. The van der Waals surface area contributed by atoms with Crippen molar-refractivity contribution in [1.82, 2.24) is 0 Å². The number of hydrogen-bond acceptors (Lipinski definition) is 2. The minimum absolute atomic E-state index is 0.0480. The van der Waals surface area contributed by atoms with Crippen LogP contribution >= 0.6 is 11.8 Å². The van der Waals surface area contributed by atoms with Crippen LogP contribution in [0.15, 0.2) is 17.0 Å². The molecule has 0 bridgehead atoms. The highest BCUT2D eigenvalue weighted by molar-refractivity contribution is 7.99. The van der Waals surface area contributed by atoms with Gasteiger partial charge >= 0.3 is 0 Å². The summed E-state index contributed by atoms with van der Waals surface area (Å²) >= 11 is 1.46. The monoisotopic (exact) mass is 218 g/mol. The van der Waals surface area contributed by atoms with Gasteiger partial charge in [-0.15, -0.1) is 11.8 Å². The van der Waals surface area contributed by atoms with E-state index in [1.54, 1.807) is 0 Å². The predicted molar refractivity (Wildman–Crippen MR) is 53.9 cm³/mol. The van der Waals surface area contributed by atoms with Crippen molar-refractivity contribution >= 4 is 11.8 Å². The van der Waals surface area contributed by atoms with Gasteiger partial charge in [0.2, 0.25) is 5.82 Å². The van der Waals surface area contributed by atoms with Gasteiger partial charge in [-0.25, -0.2) is 4.39 Å². The van der Waals surface area contributed by atoms with E-state index in [0.717, 1.165) is 0 Å². The van der Waals surface area contributed by atoms with Crippen LogP contribution in [0.4, 0.5) is 8.78 Å². The van der Waals surface area contributed by atoms with Gasteiger partial charge in [0.1, 0.15) is 0 Å². The molecular formula is C10H12F2OS. The SMILES string of the molecule is COc1cc(SC(C)C)cc(F)c1F. The Bertz CT molecular complexity index is 326. The number of thioether (sulfide) groups is 1. The van der Waals surface area contributed by atoms with E-state index >= 15 is 0 Å². The summed E-state index contributed by atoms with van der Waals surface area (Å²) in [6.07, 6.45) is 0. The molecule has 0 saturated heterocycles. The third-order valence-corrected chi connectivity index (χ3v) is 2.54. The molecule has 0 fully saturated rings. The van der Waals surface area contributed by atoms with Crippen molar-refractivity contribution in [2.75, 3.05) is 7.11 Å². The summed E-state index contributed by atoms with van der Waals surface area (Å²) in [4.78, 5) is 0.677. The first-order valence-corrected chi connectivity index (χ1v) is 5.12. The van der Waals surface area contributed by atoms with Crippen molar-refractivity contribution in [3.8, 4) is 5.75 Å². The Labute approximate surface area is 86.5 Å². The smallest absolute Gasteiger partial charge is 0.200 e. The van der Waals surface area contributed by atoms with Crippen LogP contribution < -0.4 is 4.74 Å². The van der Waals surface area contributed by atoms with Crippen molar-refractivity contribution in [3.63, 3.8) is 0 Å². The van der Waals surface area contributed by atoms with Crippen molar-refractivity contribution in [2.24, 2.45) is 0 Å². The summed E-state index contributed by atoms with van der Waals surface area (Å²) < 4.78 is 30.7. The van der Waals surface area contributed by atoms with E-state index in [0.29, 0.717) is 10.1 Å². The second-order valence-corrected chi connectivity index (χ2v) is 4.74. The third kappa shape index (κ3) is 2.61. The van der Waals surface area contributed by atoms with E-state index in [-0.39, 0.29) is 5.75 Å². The molecule has 0 atom stereocenters. The van der Waals surface area contributed by atoms with Gasteiger partial charge in [0.15, 0.2) is 11.6 Å². The average Bonchev–Trinajstić information content (AvgIpc) is 2.10. The van der Waals surface area contributed by atoms with Gasteiger partial charge in [-0.1, -0.05) is 13.8 Å². The molecule has 1 aromatic carbocycles. The van der Waals surface area contributed by atoms with E-state index in [2.05, 4.69) is 0 Å². The second kappa shape index (κ2) is 4.64. The minimum atomic E-state index is -0.930. The van der Waals surface area contributed by atoms with Gasteiger partial charge in [-0.2, -0.15) is 4.39 Å². The molecule has 1 nitrogen and oxygen atoms in total. The molecule has 0 radical (unpaired) electrons. The summed E-state index contributed by atoms with van der Waals surface area (Å²) in [7, 11) is 1.32. The van der Waals surface area contributed by atoms with Gasteiger partial charge in [0.05, 0.1) is 7.11 Å². The number of benzene rings is 1. The van der Waals surface area contributed by atoms with Crippen LogP contribution in [0, 0.1) is 11.6 Å². The lowest BCUT2D eigenvalue weighted by Gasteiger charge is -2.08. The van der Waals surface area contributed by atoms with Crippen LogP contribution in [-0.4, -0.2) is 12.4 Å². The normalized spacial score (nSPS) is 10.7. The fourth-order valence-electron chi connectivity index (χ4n) is 1.03. The number of rotatable bonds is 3. The number of ether oxygens (including phenoxy) is 1. The molecule has 78 valence electrons. The molecule has 0 amide bonds. The second-order valence-electron chi connectivity index (χ2n) is 3.09. The summed E-state index contributed by atoms with van der Waals surface area (Å²) in [5.74, 6) is -1.85. The Morgan fingerprint density at radius 3 is 2.43 bits per heavy atom. The van der Waals surface area contributed by atoms with Crippen LogP contribution in [0.1, 0.15) is 13.8 Å². The lowest BCUT2D eigenvalue weighted by atomic mass is 10.3. The van der Waals surface area contributed by atoms with E-state index in [1.165, 1.54) is 31.0 Å². The van der Waals surface area contributed by atoms with E-state index in [4.69, 9.17) is 4.74 Å². The van der Waals surface area contributed by atoms with E-state index in [1.807, 2.05) is 13.8 Å². The maximum absolute atomic E-state index is 13.0. The van der Waals surface area contributed by atoms with Gasteiger partial charge in [-0.05, 0) is 12.1 Å². The molecule has 14 heavy (non-hydrogen) atoms. The minimum Gasteiger partial charge on any atom is -0.494 e. The number of halogens is 2. The fraction of sp³-hybridized carbons (Fsp3) is 0.400.